The fourth-order valence-electron chi connectivity index (χ4n) is 10.3. The number of ketones is 4. The first-order valence-electron chi connectivity index (χ1n) is 19.8. The van der Waals surface area contributed by atoms with Crippen molar-refractivity contribution < 1.29 is 46.2 Å². The molecule has 2 spiro atoms. The minimum absolute atomic E-state index is 0.0496. The molecule has 14 heteroatoms. The van der Waals surface area contributed by atoms with Crippen LogP contribution in [0.15, 0.2) is 36.4 Å². The first-order chi connectivity index (χ1) is 28.9. The lowest BCUT2D eigenvalue weighted by molar-refractivity contribution is -0.110. The van der Waals surface area contributed by atoms with E-state index >= 15 is 0 Å². The van der Waals surface area contributed by atoms with Crippen LogP contribution in [0.3, 0.4) is 0 Å². The van der Waals surface area contributed by atoms with Crippen LogP contribution in [0.25, 0.3) is 52.2 Å². The Kier molecular flexibility index (Phi) is 7.82. The summed E-state index contributed by atoms with van der Waals surface area (Å²) in [6.45, 7) is 0. The van der Waals surface area contributed by atoms with Crippen molar-refractivity contribution in [3.8, 4) is 31.0 Å². The summed E-state index contributed by atoms with van der Waals surface area (Å²) in [5, 5.41) is 0. The molecule has 60 heavy (non-hydrogen) atoms. The number of ether oxygens (including phenoxy) is 2. The maximum atomic E-state index is 14.7. The van der Waals surface area contributed by atoms with E-state index in [1.165, 1.54) is 22.7 Å². The second kappa shape index (κ2) is 12.8. The smallest absolute Gasteiger partial charge is 0.237 e. The van der Waals surface area contributed by atoms with E-state index in [9.17, 15) is 36.7 Å². The number of rotatable bonds is 2. The SMILES string of the molecule is O=C1C(=O)c2c(F)cc(F)cc2/C1=C/c1cc2c(s1)-c1sc3c4c(sc3c1C1(CCCCC1)O2)-c1sc(/C=C2\C(=O)C(=O)c3c(F)cc(F)cc32)cc1OC41CCCCC1. The van der Waals surface area contributed by atoms with Crippen molar-refractivity contribution in [3.05, 3.63) is 103 Å². The van der Waals surface area contributed by atoms with Gasteiger partial charge in [0.2, 0.25) is 23.1 Å². The summed E-state index contributed by atoms with van der Waals surface area (Å²) in [7, 11) is 0. The van der Waals surface area contributed by atoms with Gasteiger partial charge in [0, 0.05) is 55.3 Å². The number of carbonyl (C=O) groups excluding carboxylic acids is 4. The summed E-state index contributed by atoms with van der Waals surface area (Å²) in [6.07, 6.45) is 12.3. The largest absolute Gasteiger partial charge is 0.481 e. The Labute approximate surface area is 354 Å². The second-order valence-corrected chi connectivity index (χ2v) is 20.5. The zero-order chi connectivity index (χ0) is 41.0. The average Bonchev–Trinajstić information content (AvgIpc) is 4.05. The van der Waals surface area contributed by atoms with Crippen molar-refractivity contribution in [2.45, 2.75) is 75.4 Å². The van der Waals surface area contributed by atoms with Gasteiger partial charge < -0.3 is 9.47 Å². The highest BCUT2D eigenvalue weighted by atomic mass is 32.1. The van der Waals surface area contributed by atoms with Gasteiger partial charge in [0.05, 0.1) is 40.0 Å². The van der Waals surface area contributed by atoms with Gasteiger partial charge in [0.25, 0.3) is 0 Å². The van der Waals surface area contributed by atoms with Gasteiger partial charge >= 0.3 is 0 Å². The Morgan fingerprint density at radius 1 is 0.483 bits per heavy atom. The van der Waals surface area contributed by atoms with E-state index in [1.54, 1.807) is 34.8 Å². The number of benzene rings is 2. The van der Waals surface area contributed by atoms with E-state index in [-0.39, 0.29) is 22.3 Å². The van der Waals surface area contributed by atoms with Gasteiger partial charge in [-0.15, -0.1) is 45.3 Å². The maximum Gasteiger partial charge on any atom is 0.237 e. The topological polar surface area (TPSA) is 86.7 Å². The van der Waals surface area contributed by atoms with Crippen molar-refractivity contribution in [3.63, 3.8) is 0 Å². The van der Waals surface area contributed by atoms with E-state index in [4.69, 9.17) is 9.47 Å². The predicted octanol–water partition coefficient (Wildman–Crippen LogP) is 12.7. The molecule has 2 aromatic carbocycles. The van der Waals surface area contributed by atoms with Gasteiger partial charge in [-0.05, 0) is 87.8 Å². The fraction of sp³-hybridized carbons (Fsp3) is 0.261. The van der Waals surface area contributed by atoms with Crippen molar-refractivity contribution in [2.75, 3.05) is 0 Å². The van der Waals surface area contributed by atoms with Gasteiger partial charge in [-0.2, -0.15) is 0 Å². The summed E-state index contributed by atoms with van der Waals surface area (Å²) < 4.78 is 74.6. The molecule has 4 aromatic heterocycles. The van der Waals surface area contributed by atoms with Crippen LogP contribution in [-0.2, 0) is 20.8 Å². The van der Waals surface area contributed by atoms with Crippen molar-refractivity contribution in [2.24, 2.45) is 0 Å². The molecule has 2 saturated carbocycles. The molecule has 0 bridgehead atoms. The summed E-state index contributed by atoms with van der Waals surface area (Å²) >= 11 is 6.25. The molecule has 0 unspecified atom stereocenters. The summed E-state index contributed by atoms with van der Waals surface area (Å²) in [4.78, 5) is 57.1. The highest BCUT2D eigenvalue weighted by Crippen LogP contribution is 2.66. The number of thiophene rings is 4. The van der Waals surface area contributed by atoms with Gasteiger partial charge in [-0.25, -0.2) is 17.6 Å². The molecule has 0 radical (unpaired) electrons. The van der Waals surface area contributed by atoms with Gasteiger partial charge in [-0.1, -0.05) is 12.8 Å². The summed E-state index contributed by atoms with van der Waals surface area (Å²) in [5.74, 6) is -6.26. The third kappa shape index (κ3) is 5.01. The fourth-order valence-corrected chi connectivity index (χ4v) is 15.8. The molecular weight excluding hydrogens is 853 g/mol. The van der Waals surface area contributed by atoms with Crippen LogP contribution >= 0.6 is 45.3 Å². The molecule has 2 fully saturated rings. The number of halogens is 4. The molecule has 0 saturated heterocycles. The molecule has 0 atom stereocenters. The van der Waals surface area contributed by atoms with Crippen molar-refractivity contribution in [1.82, 2.24) is 0 Å². The molecule has 2 aliphatic heterocycles. The van der Waals surface area contributed by atoms with Crippen molar-refractivity contribution in [1.29, 1.82) is 0 Å². The summed E-state index contributed by atoms with van der Waals surface area (Å²) in [5.41, 5.74) is 0.0238. The minimum atomic E-state index is -1.06. The minimum Gasteiger partial charge on any atom is -0.481 e. The highest BCUT2D eigenvalue weighted by Gasteiger charge is 2.51. The van der Waals surface area contributed by atoms with Crippen LogP contribution in [-0.4, -0.2) is 23.1 Å². The van der Waals surface area contributed by atoms with E-state index in [2.05, 4.69) is 0 Å². The predicted molar refractivity (Wildman–Crippen MR) is 224 cm³/mol. The monoisotopic (exact) mass is 880 g/mol. The molecular formula is C46H28F4O6S4. The molecule has 300 valence electrons. The highest BCUT2D eigenvalue weighted by molar-refractivity contribution is 7.34. The molecule has 0 N–H and O–H groups in total. The van der Waals surface area contributed by atoms with Crippen LogP contribution in [0.2, 0.25) is 0 Å². The Hall–Kier alpha value is -5.02. The molecule has 6 aliphatic rings. The lowest BCUT2D eigenvalue weighted by Crippen LogP contribution is -2.37. The molecule has 6 aromatic rings. The Bertz CT molecular complexity index is 2880. The van der Waals surface area contributed by atoms with E-state index in [0.717, 1.165) is 116 Å². The first-order valence-corrected chi connectivity index (χ1v) is 23.1. The van der Waals surface area contributed by atoms with Crippen LogP contribution in [0.1, 0.15) is 117 Å². The first kappa shape index (κ1) is 36.8. The molecule has 6 nitrogen and oxygen atoms in total. The number of hydrogen-bond acceptors (Lipinski definition) is 10. The third-order valence-corrected chi connectivity index (χ3v) is 17.8. The van der Waals surface area contributed by atoms with Crippen molar-refractivity contribution >= 4 is 101 Å². The van der Waals surface area contributed by atoms with Crippen LogP contribution < -0.4 is 9.47 Å². The number of fused-ring (bicyclic) bond motifs is 13. The molecule has 6 heterocycles. The lowest BCUT2D eigenvalue weighted by atomic mass is 9.76. The zero-order valence-corrected chi connectivity index (χ0v) is 34.6. The van der Waals surface area contributed by atoms with Crippen LogP contribution in [0.5, 0.6) is 11.5 Å². The normalized spacial score (nSPS) is 20.7. The quantitative estimate of drug-likeness (QED) is 0.0978. The van der Waals surface area contributed by atoms with E-state index < -0.39 is 68.7 Å². The standard InChI is InChI=1S/C46H28F4O6S4/c47-19-11-23-25(35(51)37(53)31(23)27(49)13-19)15-21-17-29-39(57-21)41-33(45(55-29)7-3-1-4-8-45)43-44(59-41)34-42(60-43)40-30(56-46(34)9-5-2-6-10-46)18-22(58-40)16-26-24-12-20(48)14-28(50)32(24)38(54)36(26)52/h11-18H,1-10H2/b25-15-,26-16-. The Morgan fingerprint density at radius 3 is 1.28 bits per heavy atom. The van der Waals surface area contributed by atoms with Gasteiger partial charge in [0.1, 0.15) is 46.0 Å². The van der Waals surface area contributed by atoms with E-state index in [1.807, 2.05) is 12.1 Å². The maximum absolute atomic E-state index is 14.7. The zero-order valence-electron chi connectivity index (χ0n) is 31.3. The van der Waals surface area contributed by atoms with Gasteiger partial charge in [-0.3, -0.25) is 19.2 Å². The Morgan fingerprint density at radius 2 is 0.883 bits per heavy atom. The third-order valence-electron chi connectivity index (χ3n) is 12.8. The van der Waals surface area contributed by atoms with Crippen LogP contribution in [0.4, 0.5) is 17.6 Å². The molecule has 4 aliphatic carbocycles. The molecule has 12 rings (SSSR count). The molecule has 0 amide bonds. The number of carbonyl (C=O) groups is 4. The second-order valence-electron chi connectivity index (χ2n) is 16.3. The number of hydrogen-bond donors (Lipinski definition) is 0. The lowest BCUT2D eigenvalue weighted by Gasteiger charge is -2.41. The number of allylic oxidation sites excluding steroid dienone is 2. The van der Waals surface area contributed by atoms with Gasteiger partial charge in [0.15, 0.2) is 0 Å². The average molecular weight is 881 g/mol. The Balaban J connectivity index is 1.03. The number of Topliss-reactive ketones (excluding diaryl/α,β-unsaturated/α-hetero) is 4. The van der Waals surface area contributed by atoms with Crippen LogP contribution in [0, 0.1) is 23.3 Å². The van der Waals surface area contributed by atoms with E-state index in [0.29, 0.717) is 33.4 Å². The summed E-state index contributed by atoms with van der Waals surface area (Å²) in [6, 6.07) is 7.02.